The van der Waals surface area contributed by atoms with E-state index in [1.807, 2.05) is 0 Å². The first-order valence-electron chi connectivity index (χ1n) is 5.23. The van der Waals surface area contributed by atoms with E-state index in [0.29, 0.717) is 21.9 Å². The standard InChI is InChI=1S/C13H9NO4/c1-6-7(2)18-11-5-9-8(4-10(11)17-6)12(15)14(3)13(9)16/h4-5H,1-2H2,3H3. The molecule has 0 aliphatic heterocycles. The van der Waals surface area contributed by atoms with E-state index in [1.54, 1.807) is 0 Å². The van der Waals surface area contributed by atoms with Crippen molar-refractivity contribution in [3.63, 3.8) is 0 Å². The van der Waals surface area contributed by atoms with Gasteiger partial charge in [-0.25, -0.2) is 0 Å². The van der Waals surface area contributed by atoms with E-state index in [-0.39, 0.29) is 21.9 Å². The first-order chi connectivity index (χ1) is 8.49. The monoisotopic (exact) mass is 243 g/mol. The lowest BCUT2D eigenvalue weighted by Crippen LogP contribution is -2.20. The molecule has 2 aromatic heterocycles. The van der Waals surface area contributed by atoms with E-state index < -0.39 is 0 Å². The van der Waals surface area contributed by atoms with Gasteiger partial charge in [0.15, 0.2) is 22.0 Å². The number of rotatable bonds is 0. The fourth-order valence-corrected chi connectivity index (χ4v) is 1.91. The highest BCUT2D eigenvalue weighted by Crippen LogP contribution is 2.16. The van der Waals surface area contributed by atoms with E-state index in [1.165, 1.54) is 19.2 Å². The fourth-order valence-electron chi connectivity index (χ4n) is 1.91. The molecule has 5 heteroatoms. The molecular weight excluding hydrogens is 234 g/mol. The Morgan fingerprint density at radius 1 is 0.944 bits per heavy atom. The highest BCUT2D eigenvalue weighted by molar-refractivity contribution is 5.92. The Morgan fingerprint density at radius 2 is 1.33 bits per heavy atom. The summed E-state index contributed by atoms with van der Waals surface area (Å²) < 4.78 is 11.8. The zero-order chi connectivity index (χ0) is 13.0. The van der Waals surface area contributed by atoms with E-state index in [2.05, 4.69) is 13.2 Å². The zero-order valence-electron chi connectivity index (χ0n) is 9.65. The molecule has 90 valence electrons. The molecule has 0 bridgehead atoms. The molecule has 5 nitrogen and oxygen atoms in total. The summed E-state index contributed by atoms with van der Waals surface area (Å²) in [7, 11) is 1.43. The number of hydrogen-bond donors (Lipinski definition) is 0. The van der Waals surface area contributed by atoms with Crippen molar-refractivity contribution in [1.82, 2.24) is 4.57 Å². The van der Waals surface area contributed by atoms with Gasteiger partial charge in [-0.05, 0) is 12.1 Å². The van der Waals surface area contributed by atoms with Crippen LogP contribution in [0.3, 0.4) is 0 Å². The fraction of sp³-hybridized carbons (Fsp3) is 0.0769. The van der Waals surface area contributed by atoms with Crippen molar-refractivity contribution in [3.05, 3.63) is 43.7 Å². The van der Waals surface area contributed by atoms with Gasteiger partial charge in [0.25, 0.3) is 11.1 Å². The van der Waals surface area contributed by atoms with Gasteiger partial charge < -0.3 is 8.83 Å². The molecule has 0 fully saturated rings. The minimum Gasteiger partial charge on any atom is -0.450 e. The van der Waals surface area contributed by atoms with Gasteiger partial charge in [0.05, 0.1) is 10.8 Å². The van der Waals surface area contributed by atoms with Crippen LogP contribution in [0.4, 0.5) is 0 Å². The van der Waals surface area contributed by atoms with Crippen molar-refractivity contribution in [1.29, 1.82) is 0 Å². The minimum atomic E-state index is -0.351. The second-order valence-electron chi connectivity index (χ2n) is 4.06. The molecule has 18 heavy (non-hydrogen) atoms. The summed E-state index contributed by atoms with van der Waals surface area (Å²) in [5.41, 5.74) is 0.596. The van der Waals surface area contributed by atoms with Crippen LogP contribution >= 0.6 is 0 Å². The summed E-state index contributed by atoms with van der Waals surface area (Å²) in [6.07, 6.45) is 0. The Hall–Kier alpha value is -2.56. The highest BCUT2D eigenvalue weighted by atomic mass is 16.4. The SMILES string of the molecule is C=c1oc2cc3c(=O)n(C)c(=O)c3cc2oc1=C. The maximum Gasteiger partial charge on any atom is 0.261 e. The maximum absolute atomic E-state index is 11.8. The molecule has 0 aliphatic rings. The summed E-state index contributed by atoms with van der Waals surface area (Å²) in [4.78, 5) is 23.6. The average molecular weight is 243 g/mol. The Kier molecular flexibility index (Phi) is 1.90. The predicted molar refractivity (Wildman–Crippen MR) is 67.8 cm³/mol. The first-order valence-corrected chi connectivity index (χ1v) is 5.23. The molecule has 0 aliphatic carbocycles. The van der Waals surface area contributed by atoms with E-state index in [4.69, 9.17) is 8.83 Å². The van der Waals surface area contributed by atoms with E-state index in [9.17, 15) is 9.59 Å². The van der Waals surface area contributed by atoms with Gasteiger partial charge in [-0.2, -0.15) is 0 Å². The normalized spacial score (nSPS) is 11.4. The van der Waals surface area contributed by atoms with Crippen LogP contribution in [0.2, 0.25) is 0 Å². The Balaban J connectivity index is 2.68. The molecule has 3 aromatic rings. The van der Waals surface area contributed by atoms with E-state index >= 15 is 0 Å². The Bertz CT molecular complexity index is 923. The third-order valence-corrected chi connectivity index (χ3v) is 2.93. The number of aromatic nitrogens is 1. The van der Waals surface area contributed by atoms with Crippen molar-refractivity contribution in [2.45, 2.75) is 0 Å². The van der Waals surface area contributed by atoms with Crippen molar-refractivity contribution in [2.24, 2.45) is 7.05 Å². The first kappa shape index (κ1) is 10.6. The molecule has 0 saturated heterocycles. The van der Waals surface area contributed by atoms with Crippen molar-refractivity contribution in [3.8, 4) is 0 Å². The second-order valence-corrected chi connectivity index (χ2v) is 4.06. The van der Waals surface area contributed by atoms with Crippen LogP contribution in [-0.2, 0) is 7.05 Å². The van der Waals surface area contributed by atoms with Gasteiger partial charge in [0.2, 0.25) is 0 Å². The number of hydrogen-bond acceptors (Lipinski definition) is 4. The number of benzene rings is 1. The second kappa shape index (κ2) is 3.22. The molecule has 3 rings (SSSR count). The topological polar surface area (TPSA) is 65.3 Å². The van der Waals surface area contributed by atoms with Gasteiger partial charge in [-0.15, -0.1) is 0 Å². The third kappa shape index (κ3) is 1.21. The predicted octanol–water partition coefficient (Wildman–Crippen LogP) is 0.0585. The molecule has 0 N–H and O–H groups in total. The molecule has 0 saturated carbocycles. The molecule has 2 heterocycles. The van der Waals surface area contributed by atoms with Crippen molar-refractivity contribution in [2.75, 3.05) is 0 Å². The number of nitrogens with zero attached hydrogens (tertiary/aromatic N) is 1. The molecule has 0 spiro atoms. The van der Waals surface area contributed by atoms with Gasteiger partial charge in [0.1, 0.15) is 0 Å². The van der Waals surface area contributed by atoms with Crippen LogP contribution < -0.4 is 21.9 Å². The van der Waals surface area contributed by atoms with Gasteiger partial charge >= 0.3 is 0 Å². The summed E-state index contributed by atoms with van der Waals surface area (Å²) >= 11 is 0. The largest absolute Gasteiger partial charge is 0.450 e. The average Bonchev–Trinajstić information content (AvgIpc) is 2.54. The van der Waals surface area contributed by atoms with Crippen molar-refractivity contribution < 1.29 is 8.83 Å². The van der Waals surface area contributed by atoms with Crippen LogP contribution in [0.5, 0.6) is 0 Å². The lowest BCUT2D eigenvalue weighted by atomic mass is 10.2. The quantitative estimate of drug-likeness (QED) is 0.560. The van der Waals surface area contributed by atoms with E-state index in [0.717, 1.165) is 4.57 Å². The lowest BCUT2D eigenvalue weighted by Gasteiger charge is -1.96. The van der Waals surface area contributed by atoms with Crippen LogP contribution in [0, 0.1) is 0 Å². The Labute approximate surface area is 99.9 Å². The Morgan fingerprint density at radius 3 is 1.72 bits per heavy atom. The molecular formula is C13H9NO4. The molecule has 0 amide bonds. The van der Waals surface area contributed by atoms with Gasteiger partial charge in [-0.1, -0.05) is 13.2 Å². The third-order valence-electron chi connectivity index (χ3n) is 2.93. The van der Waals surface area contributed by atoms with Crippen LogP contribution in [0.25, 0.3) is 35.1 Å². The molecule has 0 unspecified atom stereocenters. The zero-order valence-corrected chi connectivity index (χ0v) is 9.65. The molecule has 1 aromatic carbocycles. The molecule has 0 radical (unpaired) electrons. The number of fused-ring (bicyclic) bond motifs is 2. The summed E-state index contributed by atoms with van der Waals surface area (Å²) in [5, 5.41) is 0.621. The van der Waals surface area contributed by atoms with Crippen LogP contribution in [0.1, 0.15) is 0 Å². The maximum atomic E-state index is 11.8. The summed E-state index contributed by atoms with van der Waals surface area (Å²) in [6, 6.07) is 2.98. The van der Waals surface area contributed by atoms with Gasteiger partial charge in [0, 0.05) is 7.05 Å². The van der Waals surface area contributed by atoms with Crippen LogP contribution in [0.15, 0.2) is 30.6 Å². The van der Waals surface area contributed by atoms with Crippen molar-refractivity contribution >= 4 is 35.1 Å². The van der Waals surface area contributed by atoms with Crippen LogP contribution in [-0.4, -0.2) is 4.57 Å². The lowest BCUT2D eigenvalue weighted by molar-refractivity contribution is 0.459. The summed E-state index contributed by atoms with van der Waals surface area (Å²) in [5.74, 6) is 0. The smallest absolute Gasteiger partial charge is 0.261 e. The minimum absolute atomic E-state index is 0.285. The highest BCUT2D eigenvalue weighted by Gasteiger charge is 2.12. The molecule has 0 atom stereocenters. The summed E-state index contributed by atoms with van der Waals surface area (Å²) in [6.45, 7) is 7.26. The van der Waals surface area contributed by atoms with Gasteiger partial charge in [-0.3, -0.25) is 14.2 Å².